The van der Waals surface area contributed by atoms with E-state index in [9.17, 15) is 9.59 Å². The number of urea groups is 2. The molecule has 58 heavy (non-hydrogen) atoms. The number of rotatable bonds is 34. The molecule has 1 aliphatic carbocycles. The number of carbonyl (C=O) groups excluding carboxylic acids is 2. The minimum atomic E-state index is -0.297. The molecule has 0 atom stereocenters. The fourth-order valence-electron chi connectivity index (χ4n) is 7.79. The van der Waals surface area contributed by atoms with E-state index in [-0.39, 0.29) is 17.5 Å². The molecule has 0 bridgehead atoms. The average molecular weight is 809 g/mol. The Bertz CT molecular complexity index is 1370. The normalized spacial score (nSPS) is 12.9. The van der Waals surface area contributed by atoms with E-state index in [0.29, 0.717) is 30.6 Å². The topological polar surface area (TPSA) is 109 Å². The molecule has 2 heterocycles. The number of hydrogen-bond acceptors (Lipinski definition) is 4. The van der Waals surface area contributed by atoms with E-state index in [4.69, 9.17) is 10.2 Å². The summed E-state index contributed by atoms with van der Waals surface area (Å²) in [6.45, 7) is 12.0. The lowest BCUT2D eigenvalue weighted by Gasteiger charge is -2.24. The molecule has 4 amide bonds. The lowest BCUT2D eigenvalue weighted by atomic mass is 9.92. The van der Waals surface area contributed by atoms with Crippen molar-refractivity contribution in [2.75, 3.05) is 23.4 Å². The summed E-state index contributed by atoms with van der Waals surface area (Å²) in [5.74, 6) is 1.50. The summed E-state index contributed by atoms with van der Waals surface area (Å²) < 4.78 is 1.76. The molecular weight excluding hydrogens is 721 g/mol. The highest BCUT2D eigenvalue weighted by atomic mass is 16.2. The van der Waals surface area contributed by atoms with Gasteiger partial charge in [0.15, 0.2) is 11.6 Å². The number of unbranched alkanes of at least 4 members (excludes halogenated alkanes) is 26. The van der Waals surface area contributed by atoms with Crippen molar-refractivity contribution in [3.63, 3.8) is 0 Å². The van der Waals surface area contributed by atoms with E-state index in [1.54, 1.807) is 14.5 Å². The van der Waals surface area contributed by atoms with Crippen molar-refractivity contribution in [3.05, 3.63) is 23.5 Å². The first-order valence-corrected chi connectivity index (χ1v) is 24.4. The van der Waals surface area contributed by atoms with Gasteiger partial charge in [-0.05, 0) is 25.7 Å². The lowest BCUT2D eigenvalue weighted by Crippen LogP contribution is -2.46. The highest BCUT2D eigenvalue weighted by molar-refractivity contribution is 5.93. The van der Waals surface area contributed by atoms with Gasteiger partial charge >= 0.3 is 12.1 Å². The number of nitrogens with zero attached hydrogens (tertiary/aromatic N) is 5. The Morgan fingerprint density at radius 1 is 0.621 bits per heavy atom. The van der Waals surface area contributed by atoms with E-state index in [2.05, 4.69) is 50.6 Å². The highest BCUT2D eigenvalue weighted by Gasteiger charge is 2.32. The molecule has 0 saturated heterocycles. The Labute approximate surface area is 355 Å². The smallest absolute Gasteiger partial charge is 0.338 e. The van der Waals surface area contributed by atoms with Crippen molar-refractivity contribution in [3.8, 4) is 0 Å². The van der Waals surface area contributed by atoms with Crippen LogP contribution in [0.1, 0.15) is 245 Å². The second-order valence-corrected chi connectivity index (χ2v) is 18.5. The van der Waals surface area contributed by atoms with Crippen LogP contribution in [0.2, 0.25) is 0 Å². The monoisotopic (exact) mass is 809 g/mol. The van der Waals surface area contributed by atoms with Crippen LogP contribution in [0, 0.1) is 0 Å². The average Bonchev–Trinajstić information content (AvgIpc) is 3.86. The summed E-state index contributed by atoms with van der Waals surface area (Å²) in [6, 6.07) is 3.32. The maximum absolute atomic E-state index is 14.1. The minimum Gasteiger partial charge on any atom is -0.338 e. The van der Waals surface area contributed by atoms with Gasteiger partial charge < -0.3 is 10.6 Å². The zero-order valence-electron chi connectivity index (χ0n) is 38.4. The predicted octanol–water partition coefficient (Wildman–Crippen LogP) is 13.9. The molecule has 10 heteroatoms. The molecule has 332 valence electrons. The first kappa shape index (κ1) is 49.3. The van der Waals surface area contributed by atoms with Crippen molar-refractivity contribution in [2.45, 2.75) is 239 Å². The molecule has 1 saturated carbocycles. The Balaban J connectivity index is 1.46. The molecule has 10 nitrogen and oxygen atoms in total. The molecule has 1 aliphatic rings. The van der Waals surface area contributed by atoms with E-state index >= 15 is 0 Å². The Morgan fingerprint density at radius 2 is 1.03 bits per heavy atom. The maximum Gasteiger partial charge on any atom is 0.344 e. The summed E-state index contributed by atoms with van der Waals surface area (Å²) >= 11 is 0. The van der Waals surface area contributed by atoms with Gasteiger partial charge in [0.05, 0.1) is 11.4 Å². The SMILES string of the molecule is CCCCCCCCCCCCCCCCNC(=O)Nc1cc(C(C)(C)C)nn1N(C(=O)NCCCCCCCCCCCCCCCC)c1cc(C2CC2)nn1C. The lowest BCUT2D eigenvalue weighted by molar-refractivity contribution is 0.242. The summed E-state index contributed by atoms with van der Waals surface area (Å²) in [4.78, 5) is 29.0. The van der Waals surface area contributed by atoms with Crippen molar-refractivity contribution in [1.82, 2.24) is 30.3 Å². The summed E-state index contributed by atoms with van der Waals surface area (Å²) in [6.07, 6.45) is 38.6. The van der Waals surface area contributed by atoms with E-state index in [1.165, 1.54) is 154 Å². The number of aromatic nitrogens is 4. The Morgan fingerprint density at radius 3 is 1.45 bits per heavy atom. The van der Waals surface area contributed by atoms with Gasteiger partial charge in [0.25, 0.3) is 0 Å². The van der Waals surface area contributed by atoms with Crippen LogP contribution in [0.5, 0.6) is 0 Å². The van der Waals surface area contributed by atoms with Crippen molar-refractivity contribution in [2.24, 2.45) is 7.05 Å². The minimum absolute atomic E-state index is 0.283. The molecule has 2 aromatic heterocycles. The molecule has 0 radical (unpaired) electrons. The number of carbonyl (C=O) groups is 2. The molecular formula is C48H88N8O2. The van der Waals surface area contributed by atoms with Gasteiger partial charge in [-0.2, -0.15) is 15.2 Å². The number of amides is 4. The van der Waals surface area contributed by atoms with Gasteiger partial charge in [-0.3, -0.25) is 10.00 Å². The molecule has 3 N–H and O–H groups in total. The van der Waals surface area contributed by atoms with Gasteiger partial charge in [-0.15, -0.1) is 4.79 Å². The van der Waals surface area contributed by atoms with Crippen LogP contribution in [0.4, 0.5) is 21.2 Å². The van der Waals surface area contributed by atoms with Gasteiger partial charge in [0, 0.05) is 43.6 Å². The molecule has 0 aliphatic heterocycles. The van der Waals surface area contributed by atoms with E-state index in [0.717, 1.165) is 49.9 Å². The number of hydrogen-bond donors (Lipinski definition) is 3. The van der Waals surface area contributed by atoms with Crippen LogP contribution in [0.25, 0.3) is 0 Å². The van der Waals surface area contributed by atoms with Crippen LogP contribution in [0.3, 0.4) is 0 Å². The first-order valence-electron chi connectivity index (χ1n) is 24.4. The Kier molecular flexibility index (Phi) is 24.9. The van der Waals surface area contributed by atoms with Gasteiger partial charge in [-0.25, -0.2) is 9.59 Å². The maximum atomic E-state index is 14.1. The van der Waals surface area contributed by atoms with Crippen LogP contribution in [-0.4, -0.2) is 44.8 Å². The molecule has 3 rings (SSSR count). The van der Waals surface area contributed by atoms with E-state index < -0.39 is 0 Å². The fraction of sp³-hybridized carbons (Fsp3) is 0.833. The van der Waals surface area contributed by atoms with Gasteiger partial charge in [-0.1, -0.05) is 202 Å². The van der Waals surface area contributed by atoms with Crippen LogP contribution in [-0.2, 0) is 12.5 Å². The zero-order chi connectivity index (χ0) is 41.9. The standard InChI is InChI=1S/C48H88N8O2/c1-7-9-11-13-15-17-19-21-23-25-27-29-31-33-37-49-46(57)51-44-40-43(48(3,4)5)53-56(44)55(45-39-42(41-35-36-41)52-54(45)6)47(58)50-38-34-32-30-28-26-24-22-20-18-16-14-12-10-8-2/h39-41H,7-38H2,1-6H3,(H,50,58)(H2,49,51,57). The first-order chi connectivity index (χ1) is 28.2. The Hall–Kier alpha value is -3.04. The number of anilines is 2. The van der Waals surface area contributed by atoms with Crippen molar-refractivity contribution in [1.29, 1.82) is 0 Å². The van der Waals surface area contributed by atoms with Crippen LogP contribution in [0.15, 0.2) is 12.1 Å². The van der Waals surface area contributed by atoms with Gasteiger partial charge in [0.2, 0.25) is 0 Å². The second-order valence-electron chi connectivity index (χ2n) is 18.5. The molecule has 0 spiro atoms. The molecule has 0 unspecified atom stereocenters. The fourth-order valence-corrected chi connectivity index (χ4v) is 7.79. The van der Waals surface area contributed by atoms with Gasteiger partial charge in [0.1, 0.15) is 0 Å². The van der Waals surface area contributed by atoms with Crippen LogP contribution < -0.4 is 21.0 Å². The third-order valence-electron chi connectivity index (χ3n) is 11.8. The molecule has 0 aromatic carbocycles. The van der Waals surface area contributed by atoms with Crippen LogP contribution >= 0.6 is 0 Å². The van der Waals surface area contributed by atoms with Crippen molar-refractivity contribution >= 4 is 23.7 Å². The predicted molar refractivity (Wildman–Crippen MR) is 245 cm³/mol. The third kappa shape index (κ3) is 20.3. The zero-order valence-corrected chi connectivity index (χ0v) is 38.4. The number of aryl methyl sites for hydroxylation is 1. The molecule has 1 fully saturated rings. The largest absolute Gasteiger partial charge is 0.344 e. The summed E-state index contributed by atoms with van der Waals surface area (Å²) in [5.41, 5.74) is 1.48. The number of nitrogens with one attached hydrogen (secondary N) is 3. The summed E-state index contributed by atoms with van der Waals surface area (Å²) in [5, 5.41) is 20.5. The quantitative estimate of drug-likeness (QED) is 0.0612. The third-order valence-corrected chi connectivity index (χ3v) is 11.8. The highest BCUT2D eigenvalue weighted by Crippen LogP contribution is 2.40. The van der Waals surface area contributed by atoms with Crippen molar-refractivity contribution < 1.29 is 9.59 Å². The second kappa shape index (κ2) is 29.2. The molecule has 2 aromatic rings. The summed E-state index contributed by atoms with van der Waals surface area (Å²) in [7, 11) is 1.87. The van der Waals surface area contributed by atoms with E-state index in [1.807, 2.05) is 19.2 Å².